The maximum Gasteiger partial charge on any atom is 0.220 e. The number of hydrogen-bond donors (Lipinski definition) is 2. The summed E-state index contributed by atoms with van der Waals surface area (Å²) in [5.74, 6) is 2.36. The summed E-state index contributed by atoms with van der Waals surface area (Å²) in [6.07, 6.45) is 2.66. The van der Waals surface area contributed by atoms with Gasteiger partial charge in [0, 0.05) is 33.1 Å². The number of methoxy groups -OCH3 is 1. The first kappa shape index (κ1) is 20.6. The number of halogens is 1. The maximum absolute atomic E-state index is 11.6. The number of nitrogens with zero attached hydrogens (tertiary/aromatic N) is 2. The molecule has 1 aromatic carbocycles. The zero-order valence-electron chi connectivity index (χ0n) is 15.8. The fourth-order valence-corrected chi connectivity index (χ4v) is 3.70. The third-order valence-electron chi connectivity index (χ3n) is 4.63. The highest BCUT2D eigenvalue weighted by molar-refractivity contribution is 9.10. The van der Waals surface area contributed by atoms with Crippen molar-refractivity contribution in [2.45, 2.75) is 32.7 Å². The Morgan fingerprint density at radius 1 is 1.38 bits per heavy atom. The molecule has 0 aromatic heterocycles. The number of carbonyl (C=O) groups excluding carboxylic acids is 1. The molecule has 1 aliphatic heterocycles. The molecule has 0 radical (unpaired) electrons. The van der Waals surface area contributed by atoms with E-state index in [0.29, 0.717) is 18.9 Å². The van der Waals surface area contributed by atoms with Gasteiger partial charge in [-0.2, -0.15) is 0 Å². The van der Waals surface area contributed by atoms with Gasteiger partial charge in [0.15, 0.2) is 5.96 Å². The lowest BCUT2D eigenvalue weighted by Crippen LogP contribution is -2.46. The van der Waals surface area contributed by atoms with Gasteiger partial charge in [0.05, 0.1) is 18.1 Å². The molecule has 26 heavy (non-hydrogen) atoms. The lowest BCUT2D eigenvalue weighted by molar-refractivity contribution is -0.121. The topological polar surface area (TPSA) is 66.0 Å². The molecule has 0 unspecified atom stereocenters. The lowest BCUT2D eigenvalue weighted by Gasteiger charge is -2.34. The van der Waals surface area contributed by atoms with E-state index in [1.54, 1.807) is 14.2 Å². The zero-order valence-corrected chi connectivity index (χ0v) is 17.4. The monoisotopic (exact) mass is 424 g/mol. The molecule has 6 nitrogen and oxygen atoms in total. The summed E-state index contributed by atoms with van der Waals surface area (Å²) in [5.41, 5.74) is 1.13. The van der Waals surface area contributed by atoms with E-state index in [1.807, 2.05) is 18.2 Å². The Kier molecular flexibility index (Phi) is 8.22. The van der Waals surface area contributed by atoms with Crippen LogP contribution in [0.25, 0.3) is 0 Å². The summed E-state index contributed by atoms with van der Waals surface area (Å²) in [6.45, 7) is 5.39. The van der Waals surface area contributed by atoms with E-state index in [9.17, 15) is 4.79 Å². The zero-order chi connectivity index (χ0) is 18.9. The smallest absolute Gasteiger partial charge is 0.220 e. The number of hydrogen-bond acceptors (Lipinski definition) is 3. The third-order valence-corrected chi connectivity index (χ3v) is 5.25. The molecule has 0 bridgehead atoms. The van der Waals surface area contributed by atoms with Gasteiger partial charge in [0.25, 0.3) is 0 Å². The van der Waals surface area contributed by atoms with Gasteiger partial charge < -0.3 is 20.3 Å². The standard InChI is InChI=1S/C19H29BrN4O2/c1-4-22-19(23-13-15-5-6-17(26-3)16(20)11-15)24-9-7-14(8-10-24)12-18(25)21-2/h5-6,11,14H,4,7-10,12-13H2,1-3H3,(H,21,25)(H,22,23). The average molecular weight is 425 g/mol. The number of aliphatic imine (C=N–C) groups is 1. The number of nitrogens with one attached hydrogen (secondary N) is 2. The van der Waals surface area contributed by atoms with Gasteiger partial charge in [-0.25, -0.2) is 4.99 Å². The van der Waals surface area contributed by atoms with Crippen LogP contribution in [0.2, 0.25) is 0 Å². The van der Waals surface area contributed by atoms with Crippen molar-refractivity contribution in [2.75, 3.05) is 33.8 Å². The van der Waals surface area contributed by atoms with Crippen molar-refractivity contribution in [1.82, 2.24) is 15.5 Å². The average Bonchev–Trinajstić information content (AvgIpc) is 2.66. The summed E-state index contributed by atoms with van der Waals surface area (Å²) in [6, 6.07) is 6.03. The highest BCUT2D eigenvalue weighted by Gasteiger charge is 2.23. The fraction of sp³-hybridized carbons (Fsp3) is 0.579. The van der Waals surface area contributed by atoms with Crippen LogP contribution in [-0.2, 0) is 11.3 Å². The quantitative estimate of drug-likeness (QED) is 0.544. The highest BCUT2D eigenvalue weighted by atomic mass is 79.9. The Hall–Kier alpha value is -1.76. The minimum absolute atomic E-state index is 0.133. The van der Waals surface area contributed by atoms with Gasteiger partial charge in [-0.3, -0.25) is 4.79 Å². The first-order valence-electron chi connectivity index (χ1n) is 9.13. The Balaban J connectivity index is 1.96. The Bertz CT molecular complexity index is 628. The molecule has 1 fully saturated rings. The predicted octanol–water partition coefficient (Wildman–Crippen LogP) is 2.77. The van der Waals surface area contributed by atoms with Crippen molar-refractivity contribution in [1.29, 1.82) is 0 Å². The highest BCUT2D eigenvalue weighted by Crippen LogP contribution is 2.26. The van der Waals surface area contributed by atoms with Gasteiger partial charge in [-0.05, 0) is 59.3 Å². The normalized spacial score (nSPS) is 15.7. The van der Waals surface area contributed by atoms with Crippen LogP contribution < -0.4 is 15.4 Å². The molecule has 1 saturated heterocycles. The van der Waals surface area contributed by atoms with E-state index in [2.05, 4.69) is 38.4 Å². The van der Waals surface area contributed by atoms with Crippen LogP contribution in [-0.4, -0.2) is 50.6 Å². The molecule has 7 heteroatoms. The van der Waals surface area contributed by atoms with Crippen molar-refractivity contribution < 1.29 is 9.53 Å². The number of likely N-dealkylation sites (tertiary alicyclic amines) is 1. The van der Waals surface area contributed by atoms with Crippen LogP contribution in [0.1, 0.15) is 31.7 Å². The number of guanidine groups is 1. The minimum Gasteiger partial charge on any atom is -0.496 e. The molecule has 1 aromatic rings. The lowest BCUT2D eigenvalue weighted by atomic mass is 9.93. The number of rotatable bonds is 6. The van der Waals surface area contributed by atoms with E-state index < -0.39 is 0 Å². The number of carbonyl (C=O) groups is 1. The second kappa shape index (κ2) is 10.4. The van der Waals surface area contributed by atoms with Crippen molar-refractivity contribution in [3.8, 4) is 5.75 Å². The van der Waals surface area contributed by atoms with Gasteiger partial charge >= 0.3 is 0 Å². The molecule has 144 valence electrons. The molecular weight excluding hydrogens is 396 g/mol. The van der Waals surface area contributed by atoms with Gasteiger partial charge in [-0.15, -0.1) is 0 Å². The summed E-state index contributed by atoms with van der Waals surface area (Å²) >= 11 is 3.52. The van der Waals surface area contributed by atoms with Gasteiger partial charge in [0.2, 0.25) is 5.91 Å². The minimum atomic E-state index is 0.133. The van der Waals surface area contributed by atoms with Crippen molar-refractivity contribution in [3.63, 3.8) is 0 Å². The Labute approximate surface area is 164 Å². The van der Waals surface area contributed by atoms with Gasteiger partial charge in [0.1, 0.15) is 5.75 Å². The predicted molar refractivity (Wildman–Crippen MR) is 108 cm³/mol. The van der Waals surface area contributed by atoms with E-state index in [1.165, 1.54) is 0 Å². The third kappa shape index (κ3) is 5.90. The number of benzene rings is 1. The van der Waals surface area contributed by atoms with Crippen LogP contribution in [0, 0.1) is 5.92 Å². The van der Waals surface area contributed by atoms with E-state index in [4.69, 9.17) is 9.73 Å². The molecular formula is C19H29BrN4O2. The van der Waals surface area contributed by atoms with Crippen molar-refractivity contribution >= 4 is 27.8 Å². The van der Waals surface area contributed by atoms with Gasteiger partial charge in [-0.1, -0.05) is 6.07 Å². The molecule has 0 atom stereocenters. The molecule has 2 N–H and O–H groups in total. The number of piperidine rings is 1. The number of amides is 1. The SMILES string of the molecule is CCNC(=NCc1ccc(OC)c(Br)c1)N1CCC(CC(=O)NC)CC1. The van der Waals surface area contributed by atoms with Crippen LogP contribution >= 0.6 is 15.9 Å². The van der Waals surface area contributed by atoms with E-state index in [0.717, 1.165) is 54.2 Å². The van der Waals surface area contributed by atoms with Crippen molar-refractivity contribution in [3.05, 3.63) is 28.2 Å². The van der Waals surface area contributed by atoms with Crippen LogP contribution in [0.3, 0.4) is 0 Å². The largest absolute Gasteiger partial charge is 0.496 e. The van der Waals surface area contributed by atoms with Crippen molar-refractivity contribution in [2.24, 2.45) is 10.9 Å². The second-order valence-electron chi connectivity index (χ2n) is 6.45. The Morgan fingerprint density at radius 3 is 2.69 bits per heavy atom. The molecule has 1 heterocycles. The van der Waals surface area contributed by atoms with Crippen LogP contribution in [0.15, 0.2) is 27.7 Å². The summed E-state index contributed by atoms with van der Waals surface area (Å²) in [4.78, 5) is 18.6. The first-order chi connectivity index (χ1) is 12.6. The summed E-state index contributed by atoms with van der Waals surface area (Å²) in [7, 11) is 3.36. The second-order valence-corrected chi connectivity index (χ2v) is 7.30. The van der Waals surface area contributed by atoms with Crippen LogP contribution in [0.5, 0.6) is 5.75 Å². The molecule has 1 amide bonds. The van der Waals surface area contributed by atoms with Crippen LogP contribution in [0.4, 0.5) is 0 Å². The molecule has 1 aliphatic rings. The fourth-order valence-electron chi connectivity index (χ4n) is 3.11. The molecule has 0 spiro atoms. The van der Waals surface area contributed by atoms with E-state index >= 15 is 0 Å². The maximum atomic E-state index is 11.6. The summed E-state index contributed by atoms with van der Waals surface area (Å²) < 4.78 is 6.21. The molecule has 0 aliphatic carbocycles. The van der Waals surface area contributed by atoms with E-state index in [-0.39, 0.29) is 5.91 Å². The Morgan fingerprint density at radius 2 is 2.12 bits per heavy atom. The summed E-state index contributed by atoms with van der Waals surface area (Å²) in [5, 5.41) is 6.10. The molecule has 2 rings (SSSR count). The number of ether oxygens (including phenoxy) is 1. The first-order valence-corrected chi connectivity index (χ1v) is 9.92. The molecule has 0 saturated carbocycles.